The summed E-state index contributed by atoms with van der Waals surface area (Å²) in [4.78, 5) is 10.3. The second kappa shape index (κ2) is 5.91. The standard InChI is InChI=1S/C14H16O2/c1-3-12-5-4-6-13(10-12)9-11(2)7-8-14(15)16/h4-10H,3H2,1-2H3,(H,15,16)/b8-7+,11-9+. The first-order valence-electron chi connectivity index (χ1n) is 5.30. The maximum absolute atomic E-state index is 10.3. The molecule has 0 saturated heterocycles. The maximum Gasteiger partial charge on any atom is 0.328 e. The van der Waals surface area contributed by atoms with Gasteiger partial charge < -0.3 is 5.11 Å². The van der Waals surface area contributed by atoms with E-state index in [2.05, 4.69) is 19.1 Å². The van der Waals surface area contributed by atoms with Crippen molar-refractivity contribution in [3.05, 3.63) is 53.1 Å². The van der Waals surface area contributed by atoms with Gasteiger partial charge in [0.1, 0.15) is 0 Å². The number of carboxylic acids is 1. The Morgan fingerprint density at radius 3 is 2.75 bits per heavy atom. The number of carbonyl (C=O) groups is 1. The number of allylic oxidation sites excluding steroid dienone is 2. The molecule has 1 rings (SSSR count). The first-order chi connectivity index (χ1) is 7.61. The number of hydrogen-bond acceptors (Lipinski definition) is 1. The minimum Gasteiger partial charge on any atom is -0.478 e. The topological polar surface area (TPSA) is 37.3 Å². The third-order valence-electron chi connectivity index (χ3n) is 2.24. The number of rotatable bonds is 4. The number of benzene rings is 1. The van der Waals surface area contributed by atoms with Crippen molar-refractivity contribution in [2.75, 3.05) is 0 Å². The number of aliphatic carboxylic acids is 1. The second-order valence-corrected chi connectivity index (χ2v) is 3.66. The molecule has 0 aliphatic heterocycles. The summed E-state index contributed by atoms with van der Waals surface area (Å²) in [5.74, 6) is -0.921. The summed E-state index contributed by atoms with van der Waals surface area (Å²) in [6.45, 7) is 4.00. The van der Waals surface area contributed by atoms with E-state index in [4.69, 9.17) is 5.11 Å². The lowest BCUT2D eigenvalue weighted by molar-refractivity contribution is -0.131. The molecule has 0 radical (unpaired) electrons. The van der Waals surface area contributed by atoms with Gasteiger partial charge in [-0.25, -0.2) is 4.79 Å². The lowest BCUT2D eigenvalue weighted by atomic mass is 10.1. The molecule has 0 atom stereocenters. The van der Waals surface area contributed by atoms with E-state index in [-0.39, 0.29) is 0 Å². The van der Waals surface area contributed by atoms with Crippen LogP contribution in [0.25, 0.3) is 6.08 Å². The third kappa shape index (κ3) is 4.13. The summed E-state index contributed by atoms with van der Waals surface area (Å²) in [6, 6.07) is 8.22. The first kappa shape index (κ1) is 12.2. The first-order valence-corrected chi connectivity index (χ1v) is 5.30. The predicted octanol–water partition coefficient (Wildman–Crippen LogP) is 3.29. The molecule has 2 nitrogen and oxygen atoms in total. The minimum atomic E-state index is -0.921. The van der Waals surface area contributed by atoms with Crippen LogP contribution in [0.5, 0.6) is 0 Å². The molecule has 0 heterocycles. The fraction of sp³-hybridized carbons (Fsp3) is 0.214. The summed E-state index contributed by atoms with van der Waals surface area (Å²) in [5, 5.41) is 8.50. The molecule has 84 valence electrons. The SMILES string of the molecule is CCc1cccc(/C=C(C)/C=C/C(=O)O)c1. The molecule has 1 aromatic carbocycles. The van der Waals surface area contributed by atoms with Crippen LogP contribution >= 0.6 is 0 Å². The second-order valence-electron chi connectivity index (χ2n) is 3.66. The molecule has 0 bridgehead atoms. The predicted molar refractivity (Wildman–Crippen MR) is 66.2 cm³/mol. The Kier molecular flexibility index (Phi) is 4.52. The van der Waals surface area contributed by atoms with Gasteiger partial charge in [-0.05, 0) is 24.5 Å². The van der Waals surface area contributed by atoms with Crippen molar-refractivity contribution >= 4 is 12.0 Å². The van der Waals surface area contributed by atoms with Gasteiger partial charge in [-0.1, -0.05) is 48.9 Å². The Morgan fingerprint density at radius 1 is 1.38 bits per heavy atom. The average Bonchev–Trinajstić information content (AvgIpc) is 2.26. The average molecular weight is 216 g/mol. The number of aryl methyl sites for hydroxylation is 1. The Bertz CT molecular complexity index is 428. The van der Waals surface area contributed by atoms with Crippen LogP contribution in [0.4, 0.5) is 0 Å². The summed E-state index contributed by atoms with van der Waals surface area (Å²) < 4.78 is 0. The van der Waals surface area contributed by atoms with E-state index in [9.17, 15) is 4.79 Å². The van der Waals surface area contributed by atoms with E-state index in [0.29, 0.717) is 0 Å². The van der Waals surface area contributed by atoms with Crippen molar-refractivity contribution in [3.8, 4) is 0 Å². The van der Waals surface area contributed by atoms with Gasteiger partial charge >= 0.3 is 5.97 Å². The summed E-state index contributed by atoms with van der Waals surface area (Å²) in [6.07, 6.45) is 5.72. The normalized spacial score (nSPS) is 12.0. The van der Waals surface area contributed by atoms with Crippen LogP contribution in [0.2, 0.25) is 0 Å². The largest absolute Gasteiger partial charge is 0.478 e. The fourth-order valence-electron chi connectivity index (χ4n) is 1.42. The zero-order chi connectivity index (χ0) is 12.0. The molecule has 0 aliphatic carbocycles. The van der Waals surface area contributed by atoms with Crippen LogP contribution in [-0.4, -0.2) is 11.1 Å². The van der Waals surface area contributed by atoms with Gasteiger partial charge in [-0.3, -0.25) is 0 Å². The molecule has 0 unspecified atom stereocenters. The molecule has 1 N–H and O–H groups in total. The Labute approximate surface area is 95.9 Å². The highest BCUT2D eigenvalue weighted by molar-refractivity contribution is 5.80. The minimum absolute atomic E-state index is 0.921. The van der Waals surface area contributed by atoms with Gasteiger partial charge in [0, 0.05) is 6.08 Å². The van der Waals surface area contributed by atoms with E-state index in [1.54, 1.807) is 6.08 Å². The highest BCUT2D eigenvalue weighted by Gasteiger charge is 1.92. The zero-order valence-corrected chi connectivity index (χ0v) is 9.60. The zero-order valence-electron chi connectivity index (χ0n) is 9.60. The van der Waals surface area contributed by atoms with E-state index < -0.39 is 5.97 Å². The molecule has 0 saturated carbocycles. The lowest BCUT2D eigenvalue weighted by Crippen LogP contribution is -1.86. The van der Waals surface area contributed by atoms with Gasteiger partial charge in [-0.2, -0.15) is 0 Å². The van der Waals surface area contributed by atoms with Crippen molar-refractivity contribution < 1.29 is 9.90 Å². The van der Waals surface area contributed by atoms with Gasteiger partial charge in [0.2, 0.25) is 0 Å². The van der Waals surface area contributed by atoms with Crippen molar-refractivity contribution in [3.63, 3.8) is 0 Å². The lowest BCUT2D eigenvalue weighted by Gasteiger charge is -1.99. The number of carboxylic acid groups (broad SMARTS) is 1. The molecular weight excluding hydrogens is 200 g/mol. The van der Waals surface area contributed by atoms with Crippen LogP contribution in [0.15, 0.2) is 42.0 Å². The Morgan fingerprint density at radius 2 is 2.12 bits per heavy atom. The smallest absolute Gasteiger partial charge is 0.328 e. The molecule has 16 heavy (non-hydrogen) atoms. The van der Waals surface area contributed by atoms with E-state index in [1.807, 2.05) is 25.1 Å². The Balaban J connectivity index is 2.85. The van der Waals surface area contributed by atoms with Crippen LogP contribution < -0.4 is 0 Å². The Hall–Kier alpha value is -1.83. The van der Waals surface area contributed by atoms with Crippen LogP contribution in [0.1, 0.15) is 25.0 Å². The molecule has 0 spiro atoms. The van der Waals surface area contributed by atoms with E-state index in [1.165, 1.54) is 5.56 Å². The molecule has 1 aromatic rings. The van der Waals surface area contributed by atoms with Crippen molar-refractivity contribution in [2.24, 2.45) is 0 Å². The van der Waals surface area contributed by atoms with Gasteiger partial charge in [0.05, 0.1) is 0 Å². The molecule has 0 aliphatic rings. The molecule has 2 heteroatoms. The fourth-order valence-corrected chi connectivity index (χ4v) is 1.42. The molecular formula is C14H16O2. The third-order valence-corrected chi connectivity index (χ3v) is 2.24. The highest BCUT2D eigenvalue weighted by Crippen LogP contribution is 2.10. The van der Waals surface area contributed by atoms with Crippen LogP contribution in [0, 0.1) is 0 Å². The molecule has 0 aromatic heterocycles. The summed E-state index contributed by atoms with van der Waals surface area (Å²) in [5.41, 5.74) is 3.31. The monoisotopic (exact) mass is 216 g/mol. The van der Waals surface area contributed by atoms with Crippen LogP contribution in [0.3, 0.4) is 0 Å². The van der Waals surface area contributed by atoms with Crippen molar-refractivity contribution in [1.29, 1.82) is 0 Å². The van der Waals surface area contributed by atoms with Crippen LogP contribution in [-0.2, 0) is 11.2 Å². The van der Waals surface area contributed by atoms with Gasteiger partial charge in [-0.15, -0.1) is 0 Å². The summed E-state index contributed by atoms with van der Waals surface area (Å²) in [7, 11) is 0. The highest BCUT2D eigenvalue weighted by atomic mass is 16.4. The van der Waals surface area contributed by atoms with Crippen molar-refractivity contribution in [2.45, 2.75) is 20.3 Å². The van der Waals surface area contributed by atoms with Gasteiger partial charge in [0.15, 0.2) is 0 Å². The quantitative estimate of drug-likeness (QED) is 0.619. The molecule has 0 amide bonds. The van der Waals surface area contributed by atoms with Gasteiger partial charge in [0.25, 0.3) is 0 Å². The van der Waals surface area contributed by atoms with E-state index in [0.717, 1.165) is 23.6 Å². The van der Waals surface area contributed by atoms with Crippen molar-refractivity contribution in [1.82, 2.24) is 0 Å². The maximum atomic E-state index is 10.3. The summed E-state index contributed by atoms with van der Waals surface area (Å²) >= 11 is 0. The number of hydrogen-bond donors (Lipinski definition) is 1. The molecule has 0 fully saturated rings. The van der Waals surface area contributed by atoms with E-state index >= 15 is 0 Å².